The van der Waals surface area contributed by atoms with Gasteiger partial charge in [-0.1, -0.05) is 0 Å². The molecule has 9 heteroatoms. The number of carbonyl (C=O) groups excluding carboxylic acids is 1. The normalized spacial score (nSPS) is 24.1. The lowest BCUT2D eigenvalue weighted by molar-refractivity contribution is -0.147. The van der Waals surface area contributed by atoms with Crippen molar-refractivity contribution >= 4 is 17.4 Å². The third-order valence-electron chi connectivity index (χ3n) is 5.86. The van der Waals surface area contributed by atoms with Gasteiger partial charge in [0.2, 0.25) is 5.91 Å². The number of ether oxygens (including phenoxy) is 1. The molecule has 1 amide bonds. The second kappa shape index (κ2) is 6.42. The number of hydrogen-bond donors (Lipinski definition) is 0. The minimum Gasteiger partial charge on any atom is -0.365 e. The Balaban J connectivity index is 1.19. The third kappa shape index (κ3) is 3.14. The Labute approximate surface area is 157 Å². The lowest BCUT2D eigenvalue weighted by Gasteiger charge is -2.45. The van der Waals surface area contributed by atoms with Gasteiger partial charge in [0, 0.05) is 45.2 Å². The lowest BCUT2D eigenvalue weighted by atomic mass is 10.1. The van der Waals surface area contributed by atoms with E-state index in [1.165, 1.54) is 12.8 Å². The van der Waals surface area contributed by atoms with Gasteiger partial charge in [-0.15, -0.1) is 15.3 Å². The topological polar surface area (TPSA) is 79.1 Å². The van der Waals surface area contributed by atoms with Gasteiger partial charge < -0.3 is 14.5 Å². The lowest BCUT2D eigenvalue weighted by Crippen LogP contribution is -2.61. The minimum absolute atomic E-state index is 0.0600. The fourth-order valence-corrected chi connectivity index (χ4v) is 3.82. The number of rotatable bonds is 5. The van der Waals surface area contributed by atoms with Crippen molar-refractivity contribution in [3.05, 3.63) is 18.0 Å². The Morgan fingerprint density at radius 2 is 2.04 bits per heavy atom. The van der Waals surface area contributed by atoms with Gasteiger partial charge in [0.05, 0.1) is 6.10 Å². The number of hydrogen-bond acceptors (Lipinski definition) is 7. The van der Waals surface area contributed by atoms with Crippen LogP contribution in [0.1, 0.15) is 24.6 Å². The van der Waals surface area contributed by atoms with E-state index in [-0.39, 0.29) is 18.6 Å². The Morgan fingerprint density at radius 1 is 1.22 bits per heavy atom. The van der Waals surface area contributed by atoms with Crippen molar-refractivity contribution in [3.63, 3.8) is 0 Å². The Morgan fingerprint density at radius 3 is 2.78 bits per heavy atom. The molecule has 1 atom stereocenters. The average Bonchev–Trinajstić information content (AvgIpc) is 3.36. The van der Waals surface area contributed by atoms with Crippen molar-refractivity contribution in [1.29, 1.82) is 0 Å². The van der Waals surface area contributed by atoms with Crippen LogP contribution in [0.5, 0.6) is 0 Å². The Hall–Kier alpha value is -2.26. The van der Waals surface area contributed by atoms with E-state index in [0.29, 0.717) is 18.5 Å². The molecule has 1 aliphatic carbocycles. The van der Waals surface area contributed by atoms with Crippen LogP contribution in [-0.4, -0.2) is 94.5 Å². The van der Waals surface area contributed by atoms with E-state index in [1.807, 2.05) is 23.7 Å². The molecule has 4 heterocycles. The molecule has 0 bridgehead atoms. The number of fused-ring (bicyclic) bond motifs is 1. The van der Waals surface area contributed by atoms with Crippen LogP contribution < -0.4 is 4.90 Å². The van der Waals surface area contributed by atoms with Crippen LogP contribution >= 0.6 is 0 Å². The summed E-state index contributed by atoms with van der Waals surface area (Å²) in [6.45, 7) is 3.57. The summed E-state index contributed by atoms with van der Waals surface area (Å²) in [4.78, 5) is 17.9. The van der Waals surface area contributed by atoms with Crippen molar-refractivity contribution in [1.82, 2.24) is 29.6 Å². The number of amides is 1. The molecular formula is C18H25N7O2. The molecule has 0 radical (unpaired) electrons. The summed E-state index contributed by atoms with van der Waals surface area (Å²) in [5.74, 6) is 2.56. The van der Waals surface area contributed by atoms with E-state index in [2.05, 4.69) is 27.0 Å². The van der Waals surface area contributed by atoms with Crippen molar-refractivity contribution < 1.29 is 9.53 Å². The second-order valence-electron chi connectivity index (χ2n) is 8.00. The molecule has 27 heavy (non-hydrogen) atoms. The van der Waals surface area contributed by atoms with Crippen LogP contribution in [0, 0.1) is 0 Å². The number of nitrogens with zero attached hydrogens (tertiary/aromatic N) is 7. The van der Waals surface area contributed by atoms with E-state index < -0.39 is 0 Å². The summed E-state index contributed by atoms with van der Waals surface area (Å²) in [6.07, 6.45) is 2.46. The van der Waals surface area contributed by atoms with Gasteiger partial charge >= 0.3 is 0 Å². The summed E-state index contributed by atoms with van der Waals surface area (Å²) < 4.78 is 7.58. The van der Waals surface area contributed by atoms with Crippen LogP contribution in [-0.2, 0) is 9.53 Å². The monoisotopic (exact) mass is 371 g/mol. The van der Waals surface area contributed by atoms with Crippen LogP contribution in [0.25, 0.3) is 5.65 Å². The van der Waals surface area contributed by atoms with Gasteiger partial charge in [0.25, 0.3) is 0 Å². The van der Waals surface area contributed by atoms with Gasteiger partial charge in [-0.25, -0.2) is 0 Å². The number of anilines is 1. The Bertz CT molecular complexity index is 859. The van der Waals surface area contributed by atoms with Crippen LogP contribution in [0.3, 0.4) is 0 Å². The SMILES string of the molecule is CN1CC(CN(C)C2CN(c3ccc4nnc(C5CC5)n4n3)C2)OCC1=O. The van der Waals surface area contributed by atoms with Gasteiger partial charge in [0.1, 0.15) is 12.4 Å². The molecule has 1 saturated carbocycles. The summed E-state index contributed by atoms with van der Waals surface area (Å²) in [7, 11) is 3.97. The minimum atomic E-state index is 0.0600. The van der Waals surface area contributed by atoms with Crippen molar-refractivity contribution in [2.24, 2.45) is 0 Å². The number of aromatic nitrogens is 4. The first-order chi connectivity index (χ1) is 13.1. The van der Waals surface area contributed by atoms with Gasteiger partial charge in [-0.05, 0) is 32.0 Å². The quantitative estimate of drug-likeness (QED) is 0.731. The summed E-state index contributed by atoms with van der Waals surface area (Å²) in [5.41, 5.74) is 0.822. The van der Waals surface area contributed by atoms with Crippen molar-refractivity contribution in [2.45, 2.75) is 30.9 Å². The standard InChI is InChI=1S/C18H25N7O2/c1-22(9-14-10-23(2)17(26)11-27-14)13-7-24(8-13)16-6-5-15-19-20-18(12-3-4-12)25(15)21-16/h5-6,12-14H,3-4,7-11H2,1-2H3. The van der Waals surface area contributed by atoms with Crippen molar-refractivity contribution in [2.75, 3.05) is 51.8 Å². The summed E-state index contributed by atoms with van der Waals surface area (Å²) in [6, 6.07) is 4.50. The predicted molar refractivity (Wildman–Crippen MR) is 98.8 cm³/mol. The number of carbonyl (C=O) groups is 1. The van der Waals surface area contributed by atoms with Gasteiger partial charge in [-0.2, -0.15) is 4.52 Å². The first-order valence-corrected chi connectivity index (χ1v) is 9.61. The zero-order chi connectivity index (χ0) is 18.5. The highest BCUT2D eigenvalue weighted by atomic mass is 16.5. The van der Waals surface area contributed by atoms with Crippen molar-refractivity contribution in [3.8, 4) is 0 Å². The Kier molecular flexibility index (Phi) is 4.01. The smallest absolute Gasteiger partial charge is 0.248 e. The molecule has 3 aliphatic rings. The molecule has 9 nitrogen and oxygen atoms in total. The first-order valence-electron chi connectivity index (χ1n) is 9.61. The number of morpholine rings is 1. The zero-order valence-electron chi connectivity index (χ0n) is 15.8. The maximum atomic E-state index is 11.5. The fourth-order valence-electron chi connectivity index (χ4n) is 3.82. The fraction of sp³-hybridized carbons (Fsp3) is 0.667. The van der Waals surface area contributed by atoms with E-state index >= 15 is 0 Å². The van der Waals surface area contributed by atoms with E-state index in [9.17, 15) is 4.79 Å². The second-order valence-corrected chi connectivity index (χ2v) is 8.00. The molecular weight excluding hydrogens is 346 g/mol. The van der Waals surface area contributed by atoms with Gasteiger partial charge in [0.15, 0.2) is 11.5 Å². The highest BCUT2D eigenvalue weighted by Crippen LogP contribution is 2.38. The largest absolute Gasteiger partial charge is 0.365 e. The molecule has 5 rings (SSSR count). The molecule has 0 N–H and O–H groups in total. The highest BCUT2D eigenvalue weighted by Gasteiger charge is 2.34. The molecule has 2 aromatic heterocycles. The van der Waals surface area contributed by atoms with Crippen LogP contribution in [0.4, 0.5) is 5.82 Å². The summed E-state index contributed by atoms with van der Waals surface area (Å²) in [5, 5.41) is 13.3. The third-order valence-corrected chi connectivity index (χ3v) is 5.86. The molecule has 2 aliphatic heterocycles. The number of likely N-dealkylation sites (N-methyl/N-ethyl adjacent to an activating group) is 2. The maximum Gasteiger partial charge on any atom is 0.248 e. The predicted octanol–water partition coefficient (Wildman–Crippen LogP) is -0.0207. The summed E-state index contributed by atoms with van der Waals surface area (Å²) >= 11 is 0. The zero-order valence-corrected chi connectivity index (χ0v) is 15.8. The van der Waals surface area contributed by atoms with Gasteiger partial charge in [-0.3, -0.25) is 9.69 Å². The molecule has 1 unspecified atom stereocenters. The first kappa shape index (κ1) is 16.9. The molecule has 0 aromatic carbocycles. The molecule has 0 spiro atoms. The maximum absolute atomic E-state index is 11.5. The van der Waals surface area contributed by atoms with Crippen LogP contribution in [0.2, 0.25) is 0 Å². The molecule has 144 valence electrons. The highest BCUT2D eigenvalue weighted by molar-refractivity contribution is 5.77. The molecule has 3 fully saturated rings. The average molecular weight is 371 g/mol. The van der Waals surface area contributed by atoms with E-state index in [0.717, 1.165) is 36.9 Å². The van der Waals surface area contributed by atoms with E-state index in [1.54, 1.807) is 4.90 Å². The van der Waals surface area contributed by atoms with E-state index in [4.69, 9.17) is 9.84 Å². The molecule has 2 saturated heterocycles. The molecule has 2 aromatic rings. The van der Waals surface area contributed by atoms with Crippen LogP contribution in [0.15, 0.2) is 12.1 Å².